The third-order valence-corrected chi connectivity index (χ3v) is 5.43. The fraction of sp³-hybridized carbons (Fsp3) is 0.588. The summed E-state index contributed by atoms with van der Waals surface area (Å²) in [6, 6.07) is 5.39. The number of fused-ring (bicyclic) bond motifs is 1. The summed E-state index contributed by atoms with van der Waals surface area (Å²) >= 11 is 0. The van der Waals surface area contributed by atoms with Gasteiger partial charge in [-0.2, -0.15) is 0 Å². The zero-order valence-electron chi connectivity index (χ0n) is 14.2. The number of anilines is 1. The van der Waals surface area contributed by atoms with Gasteiger partial charge in [0.05, 0.1) is 11.9 Å². The first-order valence-electron chi connectivity index (χ1n) is 8.28. The van der Waals surface area contributed by atoms with E-state index in [0.29, 0.717) is 24.3 Å². The molecular weight excluding hydrogens is 312 g/mol. The van der Waals surface area contributed by atoms with Crippen molar-refractivity contribution in [3.63, 3.8) is 0 Å². The molecule has 0 bridgehead atoms. The molecule has 0 atom stereocenters. The summed E-state index contributed by atoms with van der Waals surface area (Å²) in [6.07, 6.45) is 4.86. The Morgan fingerprint density at radius 1 is 1.30 bits per heavy atom. The maximum atomic E-state index is 12.6. The maximum absolute atomic E-state index is 12.6. The normalized spacial score (nSPS) is 14.5. The molecule has 0 aromatic heterocycles. The predicted molar refractivity (Wildman–Crippen MR) is 93.4 cm³/mol. The molecule has 1 aliphatic heterocycles. The number of hydrogen-bond acceptors (Lipinski definition) is 3. The maximum Gasteiger partial charge on any atom is 0.253 e. The molecule has 0 saturated carbocycles. The Kier molecular flexibility index (Phi) is 5.68. The topological polar surface area (TPSA) is 57.7 Å². The molecule has 0 radical (unpaired) electrons. The molecule has 6 heteroatoms. The number of sulfonamides is 1. The fourth-order valence-corrected chi connectivity index (χ4v) is 3.97. The average molecular weight is 338 g/mol. The van der Waals surface area contributed by atoms with Crippen molar-refractivity contribution in [3.05, 3.63) is 29.3 Å². The number of carbonyl (C=O) groups excluding carboxylic acids is 1. The van der Waals surface area contributed by atoms with E-state index in [-0.39, 0.29) is 5.91 Å². The van der Waals surface area contributed by atoms with Crippen molar-refractivity contribution in [3.8, 4) is 0 Å². The lowest BCUT2D eigenvalue weighted by Gasteiger charge is -2.30. The standard InChI is InChI=1S/C17H26N2O3S/c1-4-6-11-18(5-2)17(20)15-9-10-16-14(13-15)8-7-12-19(16)23(3,21)22/h9-10,13H,4-8,11-12H2,1-3H3. The van der Waals surface area contributed by atoms with Gasteiger partial charge in [-0.25, -0.2) is 8.42 Å². The van der Waals surface area contributed by atoms with Gasteiger partial charge in [-0.15, -0.1) is 0 Å². The molecular formula is C17H26N2O3S. The number of amides is 1. The second-order valence-corrected chi connectivity index (χ2v) is 7.93. The lowest BCUT2D eigenvalue weighted by Crippen LogP contribution is -2.35. The Hall–Kier alpha value is -1.56. The molecule has 0 saturated heterocycles. The molecule has 128 valence electrons. The van der Waals surface area contributed by atoms with Crippen LogP contribution in [0.2, 0.25) is 0 Å². The van der Waals surface area contributed by atoms with E-state index in [0.717, 1.165) is 37.8 Å². The molecule has 0 unspecified atom stereocenters. The van der Waals surface area contributed by atoms with Gasteiger partial charge in [0.25, 0.3) is 5.91 Å². The number of hydrogen-bond donors (Lipinski definition) is 0. The third kappa shape index (κ3) is 4.05. The monoisotopic (exact) mass is 338 g/mol. The van der Waals surface area contributed by atoms with Gasteiger partial charge in [-0.05, 0) is 49.9 Å². The van der Waals surface area contributed by atoms with E-state index in [1.807, 2.05) is 17.9 Å². The molecule has 1 aromatic carbocycles. The Morgan fingerprint density at radius 3 is 2.65 bits per heavy atom. The summed E-state index contributed by atoms with van der Waals surface area (Å²) in [5.74, 6) is 0.0280. The Bertz CT molecular complexity index is 670. The summed E-state index contributed by atoms with van der Waals surface area (Å²) in [5, 5.41) is 0. The van der Waals surface area contributed by atoms with Crippen LogP contribution in [0.5, 0.6) is 0 Å². The smallest absolute Gasteiger partial charge is 0.253 e. The minimum Gasteiger partial charge on any atom is -0.339 e. The molecule has 2 rings (SSSR count). The highest BCUT2D eigenvalue weighted by Crippen LogP contribution is 2.30. The molecule has 0 spiro atoms. The van der Waals surface area contributed by atoms with Gasteiger partial charge in [0.1, 0.15) is 0 Å². The van der Waals surface area contributed by atoms with Crippen LogP contribution < -0.4 is 4.31 Å². The van der Waals surface area contributed by atoms with Gasteiger partial charge in [0.2, 0.25) is 10.0 Å². The van der Waals surface area contributed by atoms with Gasteiger partial charge in [0, 0.05) is 25.2 Å². The van der Waals surface area contributed by atoms with Crippen LogP contribution in [0.15, 0.2) is 18.2 Å². The van der Waals surface area contributed by atoms with E-state index in [2.05, 4.69) is 6.92 Å². The van der Waals surface area contributed by atoms with E-state index in [4.69, 9.17) is 0 Å². The van der Waals surface area contributed by atoms with Gasteiger partial charge in [0.15, 0.2) is 0 Å². The highest BCUT2D eigenvalue weighted by molar-refractivity contribution is 7.92. The first-order chi connectivity index (χ1) is 10.9. The molecule has 1 aromatic rings. The molecule has 1 amide bonds. The molecule has 0 N–H and O–H groups in total. The van der Waals surface area contributed by atoms with Gasteiger partial charge in [-0.3, -0.25) is 9.10 Å². The molecule has 23 heavy (non-hydrogen) atoms. The van der Waals surface area contributed by atoms with Crippen LogP contribution in [-0.4, -0.2) is 45.1 Å². The zero-order valence-corrected chi connectivity index (χ0v) is 15.0. The third-order valence-electron chi connectivity index (χ3n) is 4.25. The van der Waals surface area contributed by atoms with Crippen LogP contribution in [0.25, 0.3) is 0 Å². The Balaban J connectivity index is 2.28. The highest BCUT2D eigenvalue weighted by Gasteiger charge is 2.25. The fourth-order valence-electron chi connectivity index (χ4n) is 2.97. The number of carbonyl (C=O) groups is 1. The number of rotatable bonds is 6. The first-order valence-corrected chi connectivity index (χ1v) is 10.1. The van der Waals surface area contributed by atoms with Gasteiger partial charge < -0.3 is 4.90 Å². The van der Waals surface area contributed by atoms with Crippen LogP contribution in [0.3, 0.4) is 0 Å². The molecule has 0 fully saturated rings. The van der Waals surface area contributed by atoms with Crippen molar-refractivity contribution in [2.45, 2.75) is 39.5 Å². The lowest BCUT2D eigenvalue weighted by molar-refractivity contribution is 0.0762. The Labute approximate surface area is 139 Å². The predicted octanol–water partition coefficient (Wildman–Crippen LogP) is 2.66. The number of unbranched alkanes of at least 4 members (excludes halogenated alkanes) is 1. The summed E-state index contributed by atoms with van der Waals surface area (Å²) in [4.78, 5) is 14.5. The van der Waals surface area contributed by atoms with Gasteiger partial charge in [-0.1, -0.05) is 13.3 Å². The quantitative estimate of drug-likeness (QED) is 0.801. The summed E-state index contributed by atoms with van der Waals surface area (Å²) < 4.78 is 25.2. The minimum atomic E-state index is -3.27. The Morgan fingerprint density at radius 2 is 2.04 bits per heavy atom. The van der Waals surface area contributed by atoms with E-state index >= 15 is 0 Å². The van der Waals surface area contributed by atoms with Crippen molar-refractivity contribution in [1.29, 1.82) is 0 Å². The van der Waals surface area contributed by atoms with Crippen molar-refractivity contribution < 1.29 is 13.2 Å². The number of nitrogens with zero attached hydrogens (tertiary/aromatic N) is 2. The zero-order chi connectivity index (χ0) is 17.0. The SMILES string of the molecule is CCCCN(CC)C(=O)c1ccc2c(c1)CCCN2S(C)(=O)=O. The van der Waals surface area contributed by atoms with Crippen LogP contribution in [-0.2, 0) is 16.4 Å². The first kappa shape index (κ1) is 17.8. The van der Waals surface area contributed by atoms with E-state index in [9.17, 15) is 13.2 Å². The second-order valence-electron chi connectivity index (χ2n) is 6.02. The average Bonchev–Trinajstić information content (AvgIpc) is 2.53. The minimum absolute atomic E-state index is 0.0280. The summed E-state index contributed by atoms with van der Waals surface area (Å²) in [5.41, 5.74) is 2.31. The molecule has 1 heterocycles. The summed E-state index contributed by atoms with van der Waals surface area (Å²) in [7, 11) is -3.27. The van der Waals surface area contributed by atoms with E-state index in [1.54, 1.807) is 12.1 Å². The number of benzene rings is 1. The van der Waals surface area contributed by atoms with Crippen LogP contribution in [0.1, 0.15) is 49.0 Å². The van der Waals surface area contributed by atoms with Crippen molar-refractivity contribution in [2.24, 2.45) is 0 Å². The second kappa shape index (κ2) is 7.34. The largest absolute Gasteiger partial charge is 0.339 e. The van der Waals surface area contributed by atoms with Crippen molar-refractivity contribution in [2.75, 3.05) is 30.2 Å². The van der Waals surface area contributed by atoms with Gasteiger partial charge >= 0.3 is 0 Å². The molecule has 0 aliphatic carbocycles. The van der Waals surface area contributed by atoms with E-state index in [1.165, 1.54) is 10.6 Å². The summed E-state index contributed by atoms with van der Waals surface area (Å²) in [6.45, 7) is 6.05. The highest BCUT2D eigenvalue weighted by atomic mass is 32.2. The van der Waals surface area contributed by atoms with Crippen LogP contribution in [0, 0.1) is 0 Å². The van der Waals surface area contributed by atoms with Crippen molar-refractivity contribution in [1.82, 2.24) is 4.90 Å². The van der Waals surface area contributed by atoms with Crippen LogP contribution in [0.4, 0.5) is 5.69 Å². The van der Waals surface area contributed by atoms with E-state index < -0.39 is 10.0 Å². The lowest BCUT2D eigenvalue weighted by atomic mass is 10.00. The molecule has 5 nitrogen and oxygen atoms in total. The van der Waals surface area contributed by atoms with Crippen LogP contribution >= 0.6 is 0 Å². The number of aryl methyl sites for hydroxylation is 1. The van der Waals surface area contributed by atoms with Crippen molar-refractivity contribution >= 4 is 21.6 Å². The molecule has 1 aliphatic rings.